The second-order valence-corrected chi connectivity index (χ2v) is 12.1. The highest BCUT2D eigenvalue weighted by atomic mass is 32.2. The lowest BCUT2D eigenvalue weighted by Crippen LogP contribution is -2.37. The number of aryl methyl sites for hydroxylation is 2. The summed E-state index contributed by atoms with van der Waals surface area (Å²) >= 11 is 0. The summed E-state index contributed by atoms with van der Waals surface area (Å²) in [5.41, 5.74) is 4.26. The van der Waals surface area contributed by atoms with Gasteiger partial charge in [-0.2, -0.15) is 0 Å². The fourth-order valence-electron chi connectivity index (χ4n) is 5.31. The molecule has 0 atom stereocenters. The quantitative estimate of drug-likeness (QED) is 0.486. The first-order chi connectivity index (χ1) is 17.2. The lowest BCUT2D eigenvalue weighted by Gasteiger charge is -2.34. The van der Waals surface area contributed by atoms with Gasteiger partial charge in [0.05, 0.1) is 4.90 Å². The first-order valence-corrected chi connectivity index (χ1v) is 14.6. The predicted molar refractivity (Wildman–Crippen MR) is 146 cm³/mol. The number of hydrogen-bond donors (Lipinski definition) is 1. The van der Waals surface area contributed by atoms with Gasteiger partial charge in [-0.15, -0.1) is 0 Å². The first kappa shape index (κ1) is 26.6. The van der Waals surface area contributed by atoms with Gasteiger partial charge in [-0.1, -0.05) is 60.7 Å². The van der Waals surface area contributed by atoms with Gasteiger partial charge in [0.25, 0.3) is 0 Å². The van der Waals surface area contributed by atoms with Gasteiger partial charge in [-0.05, 0) is 79.7 Å². The molecule has 0 radical (unpaired) electrons. The van der Waals surface area contributed by atoms with Crippen LogP contribution in [0.4, 0.5) is 0 Å². The van der Waals surface area contributed by atoms with Crippen LogP contribution in [0, 0.1) is 13.8 Å². The number of aliphatic hydroxyl groups is 1. The zero-order valence-electron chi connectivity index (χ0n) is 21.7. The smallest absolute Gasteiger partial charge is 0.175 e. The van der Waals surface area contributed by atoms with Crippen LogP contribution in [0.3, 0.4) is 0 Å². The van der Waals surface area contributed by atoms with Gasteiger partial charge in [0.15, 0.2) is 9.84 Å². The molecule has 1 N–H and O–H groups in total. The van der Waals surface area contributed by atoms with Crippen molar-refractivity contribution < 1.29 is 13.5 Å². The van der Waals surface area contributed by atoms with Crippen molar-refractivity contribution in [2.24, 2.45) is 0 Å². The fourth-order valence-corrected chi connectivity index (χ4v) is 5.95. The van der Waals surface area contributed by atoms with E-state index < -0.39 is 15.4 Å². The van der Waals surface area contributed by atoms with Crippen molar-refractivity contribution in [3.05, 3.63) is 101 Å². The van der Waals surface area contributed by atoms with Gasteiger partial charge in [0.1, 0.15) is 5.60 Å². The molecule has 3 aromatic rings. The highest BCUT2D eigenvalue weighted by Crippen LogP contribution is 2.37. The Kier molecular flexibility index (Phi) is 8.30. The predicted octanol–water partition coefficient (Wildman–Crippen LogP) is 4.54. The molecule has 0 saturated carbocycles. The molecule has 1 heterocycles. The van der Waals surface area contributed by atoms with Gasteiger partial charge >= 0.3 is 0 Å². The van der Waals surface area contributed by atoms with Crippen molar-refractivity contribution in [2.75, 3.05) is 39.0 Å². The average molecular weight is 507 g/mol. The third-order valence-electron chi connectivity index (χ3n) is 7.41. The minimum absolute atomic E-state index is 0.364. The van der Waals surface area contributed by atoms with Crippen LogP contribution < -0.4 is 0 Å². The summed E-state index contributed by atoms with van der Waals surface area (Å²) in [5.74, 6) is 0. The molecule has 0 aliphatic carbocycles. The van der Waals surface area contributed by atoms with E-state index in [1.807, 2.05) is 36.4 Å². The van der Waals surface area contributed by atoms with Gasteiger partial charge in [-0.3, -0.25) is 4.90 Å². The molecule has 192 valence electrons. The van der Waals surface area contributed by atoms with Crippen molar-refractivity contribution >= 4 is 9.84 Å². The van der Waals surface area contributed by atoms with E-state index in [9.17, 15) is 13.5 Å². The van der Waals surface area contributed by atoms with E-state index in [0.29, 0.717) is 11.3 Å². The van der Waals surface area contributed by atoms with E-state index in [4.69, 9.17) is 0 Å². The molecule has 1 saturated heterocycles. The normalized spacial score (nSPS) is 16.1. The summed E-state index contributed by atoms with van der Waals surface area (Å²) in [4.78, 5) is 5.27. The lowest BCUT2D eigenvalue weighted by molar-refractivity contribution is 0.0565. The van der Waals surface area contributed by atoms with E-state index in [2.05, 4.69) is 47.9 Å². The Balaban J connectivity index is 1.43. The average Bonchev–Trinajstić information content (AvgIpc) is 3.08. The highest BCUT2D eigenvalue weighted by Gasteiger charge is 2.34. The molecule has 5 nitrogen and oxygen atoms in total. The zero-order chi connectivity index (χ0) is 25.8. The molecule has 0 bridgehead atoms. The van der Waals surface area contributed by atoms with Crippen LogP contribution in [0.5, 0.6) is 0 Å². The molecule has 6 heteroatoms. The molecule has 0 aromatic heterocycles. The van der Waals surface area contributed by atoms with Crippen LogP contribution >= 0.6 is 0 Å². The summed E-state index contributed by atoms with van der Waals surface area (Å²) in [7, 11) is -3.17. The van der Waals surface area contributed by atoms with Gasteiger partial charge in [0, 0.05) is 32.4 Å². The van der Waals surface area contributed by atoms with E-state index in [1.54, 1.807) is 12.1 Å². The Labute approximate surface area is 216 Å². The minimum Gasteiger partial charge on any atom is -0.380 e. The van der Waals surface area contributed by atoms with Crippen LogP contribution in [0.2, 0.25) is 0 Å². The molecule has 1 aliphatic heterocycles. The number of hydrogen-bond acceptors (Lipinski definition) is 5. The molecule has 1 fully saturated rings. The molecule has 1 aliphatic rings. The number of sulfone groups is 1. The number of benzene rings is 3. The van der Waals surface area contributed by atoms with Gasteiger partial charge in [-0.25, -0.2) is 8.42 Å². The summed E-state index contributed by atoms with van der Waals surface area (Å²) in [6, 6.07) is 23.6. The monoisotopic (exact) mass is 506 g/mol. The van der Waals surface area contributed by atoms with Crippen molar-refractivity contribution in [3.63, 3.8) is 0 Å². The van der Waals surface area contributed by atoms with E-state index in [1.165, 1.54) is 6.26 Å². The zero-order valence-corrected chi connectivity index (χ0v) is 22.5. The largest absolute Gasteiger partial charge is 0.380 e. The number of nitrogens with zero attached hydrogens (tertiary/aromatic N) is 2. The second kappa shape index (κ2) is 11.3. The Hall–Kier alpha value is -2.51. The summed E-state index contributed by atoms with van der Waals surface area (Å²) < 4.78 is 23.5. The fraction of sp³-hybridized carbons (Fsp3) is 0.400. The van der Waals surface area contributed by atoms with Crippen LogP contribution in [-0.4, -0.2) is 62.3 Å². The van der Waals surface area contributed by atoms with Crippen LogP contribution in [-0.2, 0) is 22.0 Å². The molecular weight excluding hydrogens is 468 g/mol. The maximum atomic E-state index is 12.2. The number of rotatable bonds is 8. The molecular formula is C30H38N2O3S. The maximum Gasteiger partial charge on any atom is 0.175 e. The summed E-state index contributed by atoms with van der Waals surface area (Å²) in [5, 5.41) is 12.2. The Morgan fingerprint density at radius 3 is 1.86 bits per heavy atom. The van der Waals surface area contributed by atoms with E-state index in [-0.39, 0.29) is 0 Å². The molecule has 0 amide bonds. The third kappa shape index (κ3) is 6.24. The highest BCUT2D eigenvalue weighted by molar-refractivity contribution is 7.90. The van der Waals surface area contributed by atoms with Crippen LogP contribution in [0.15, 0.2) is 77.7 Å². The van der Waals surface area contributed by atoms with Gasteiger partial charge in [0.2, 0.25) is 0 Å². The van der Waals surface area contributed by atoms with Crippen molar-refractivity contribution in [3.8, 4) is 0 Å². The van der Waals surface area contributed by atoms with Crippen molar-refractivity contribution in [1.29, 1.82) is 0 Å². The lowest BCUT2D eigenvalue weighted by atomic mass is 9.79. The molecule has 4 rings (SSSR count). The van der Waals surface area contributed by atoms with E-state index >= 15 is 0 Å². The Morgan fingerprint density at radius 2 is 1.31 bits per heavy atom. The second-order valence-electron chi connectivity index (χ2n) is 10.1. The Morgan fingerprint density at radius 1 is 0.778 bits per heavy atom. The Bertz CT molecular complexity index is 1230. The molecule has 36 heavy (non-hydrogen) atoms. The molecule has 3 aromatic carbocycles. The minimum atomic E-state index is -3.17. The first-order valence-electron chi connectivity index (χ1n) is 12.7. The standard InChI is InChI=1S/C30H38N2O3S/c1-24-9-4-6-11-28(24)30(33,29-12-7-5-10-25(29)2)17-20-31-18-8-19-32(22-21-31)23-26-13-15-27(16-14-26)36(3,34)35/h4-7,9-16,33H,8,17-23H2,1-3H3. The van der Waals surface area contributed by atoms with Crippen LogP contribution in [0.1, 0.15) is 40.7 Å². The van der Waals surface area contributed by atoms with Gasteiger partial charge < -0.3 is 10.0 Å². The van der Waals surface area contributed by atoms with E-state index in [0.717, 1.165) is 73.5 Å². The van der Waals surface area contributed by atoms with Crippen molar-refractivity contribution in [1.82, 2.24) is 9.80 Å². The SMILES string of the molecule is Cc1ccccc1C(O)(CCN1CCCN(Cc2ccc(S(C)(=O)=O)cc2)CC1)c1ccccc1C. The summed E-state index contributed by atoms with van der Waals surface area (Å²) in [6.45, 7) is 9.67. The maximum absolute atomic E-state index is 12.2. The topological polar surface area (TPSA) is 60.9 Å². The van der Waals surface area contributed by atoms with Crippen molar-refractivity contribution in [2.45, 2.75) is 43.7 Å². The summed E-state index contributed by atoms with van der Waals surface area (Å²) in [6.07, 6.45) is 2.94. The van der Waals surface area contributed by atoms with Crippen LogP contribution in [0.25, 0.3) is 0 Å². The third-order valence-corrected chi connectivity index (χ3v) is 8.54. The molecule has 0 spiro atoms. The molecule has 0 unspecified atom stereocenters.